The first kappa shape index (κ1) is 22.3. The summed E-state index contributed by atoms with van der Waals surface area (Å²) in [5.41, 5.74) is 0.525. The molecule has 0 spiro atoms. The second-order valence-corrected chi connectivity index (χ2v) is 10.2. The summed E-state index contributed by atoms with van der Waals surface area (Å²) in [6.45, 7) is 1.13. The van der Waals surface area contributed by atoms with Gasteiger partial charge in [0.05, 0.1) is 22.6 Å². The van der Waals surface area contributed by atoms with Gasteiger partial charge in [-0.05, 0) is 60.7 Å². The fourth-order valence-corrected chi connectivity index (χ4v) is 5.21. The third kappa shape index (κ3) is 5.26. The molecule has 3 heterocycles. The molecular formula is C22H23N3O5S2. The van der Waals surface area contributed by atoms with Gasteiger partial charge in [-0.2, -0.15) is 0 Å². The topological polar surface area (TPSA) is 109 Å². The lowest BCUT2D eigenvalue weighted by molar-refractivity contribution is -0.121. The first-order valence-corrected chi connectivity index (χ1v) is 12.5. The van der Waals surface area contributed by atoms with E-state index >= 15 is 0 Å². The molecule has 2 aromatic heterocycles. The molecule has 1 saturated heterocycles. The van der Waals surface area contributed by atoms with Crippen LogP contribution in [0.2, 0.25) is 0 Å². The van der Waals surface area contributed by atoms with Crippen molar-refractivity contribution in [2.45, 2.75) is 24.3 Å². The standard InChI is InChI=1S/C22H23N3O5S2/c26-21(16-9-11-25(12-10-16)22(27)20-4-2-14-31-20)24-17-5-7-19(8-6-17)32(28,29)23-15-18-3-1-13-30-18/h1-8,13-14,16,23H,9-12,15H2,(H,24,26). The number of carbonyl (C=O) groups excluding carboxylic acids is 2. The summed E-state index contributed by atoms with van der Waals surface area (Å²) in [4.78, 5) is 27.7. The molecule has 8 nitrogen and oxygen atoms in total. The number of piperidine rings is 1. The lowest BCUT2D eigenvalue weighted by atomic mass is 9.95. The van der Waals surface area contributed by atoms with E-state index in [9.17, 15) is 18.0 Å². The number of sulfonamides is 1. The number of anilines is 1. The quantitative estimate of drug-likeness (QED) is 0.547. The van der Waals surface area contributed by atoms with Crippen LogP contribution in [0.4, 0.5) is 5.69 Å². The van der Waals surface area contributed by atoms with Crippen molar-refractivity contribution in [1.29, 1.82) is 0 Å². The molecular weight excluding hydrogens is 450 g/mol. The van der Waals surface area contributed by atoms with Gasteiger partial charge in [0.1, 0.15) is 5.76 Å². The summed E-state index contributed by atoms with van der Waals surface area (Å²) < 4.78 is 32.4. The van der Waals surface area contributed by atoms with Gasteiger partial charge in [0, 0.05) is 24.7 Å². The Morgan fingerprint density at radius 1 is 1.06 bits per heavy atom. The molecule has 2 amide bonds. The van der Waals surface area contributed by atoms with Gasteiger partial charge in [0.2, 0.25) is 15.9 Å². The second-order valence-electron chi connectivity index (χ2n) is 7.46. The normalized spacial score (nSPS) is 14.9. The fraction of sp³-hybridized carbons (Fsp3) is 0.273. The Morgan fingerprint density at radius 2 is 1.81 bits per heavy atom. The third-order valence-corrected chi connectivity index (χ3v) is 7.61. The van der Waals surface area contributed by atoms with Gasteiger partial charge >= 0.3 is 0 Å². The average molecular weight is 474 g/mol. The SMILES string of the molecule is O=C(Nc1ccc(S(=O)(=O)NCc2ccco2)cc1)C1CCN(C(=O)c2cccs2)CC1. The second kappa shape index (κ2) is 9.68. The summed E-state index contributed by atoms with van der Waals surface area (Å²) in [7, 11) is -3.69. The molecule has 32 heavy (non-hydrogen) atoms. The number of nitrogens with one attached hydrogen (secondary N) is 2. The van der Waals surface area contributed by atoms with Crippen molar-refractivity contribution in [1.82, 2.24) is 9.62 Å². The molecule has 3 aromatic rings. The van der Waals surface area contributed by atoms with E-state index in [-0.39, 0.29) is 29.2 Å². The number of hydrogen-bond donors (Lipinski definition) is 2. The van der Waals surface area contributed by atoms with Crippen LogP contribution in [-0.2, 0) is 21.4 Å². The van der Waals surface area contributed by atoms with Crippen molar-refractivity contribution >= 4 is 38.9 Å². The number of nitrogens with zero attached hydrogens (tertiary/aromatic N) is 1. The minimum absolute atomic E-state index is 0.0105. The van der Waals surface area contributed by atoms with E-state index in [0.717, 1.165) is 0 Å². The van der Waals surface area contributed by atoms with Crippen LogP contribution in [0.25, 0.3) is 0 Å². The molecule has 168 valence electrons. The van der Waals surface area contributed by atoms with Crippen LogP contribution in [0.15, 0.2) is 69.5 Å². The molecule has 10 heteroatoms. The van der Waals surface area contributed by atoms with Crippen LogP contribution in [0.5, 0.6) is 0 Å². The van der Waals surface area contributed by atoms with Crippen molar-refractivity contribution in [3.8, 4) is 0 Å². The number of amides is 2. The van der Waals surface area contributed by atoms with Gasteiger partial charge in [-0.1, -0.05) is 6.07 Å². The average Bonchev–Trinajstić information content (AvgIpc) is 3.52. The van der Waals surface area contributed by atoms with E-state index in [1.807, 2.05) is 17.5 Å². The first-order chi connectivity index (χ1) is 15.4. The lowest BCUT2D eigenvalue weighted by Crippen LogP contribution is -2.41. The van der Waals surface area contributed by atoms with Crippen molar-refractivity contribution in [2.75, 3.05) is 18.4 Å². The Hall–Kier alpha value is -2.95. The molecule has 1 aliphatic heterocycles. The maximum absolute atomic E-state index is 12.6. The highest BCUT2D eigenvalue weighted by molar-refractivity contribution is 7.89. The van der Waals surface area contributed by atoms with Gasteiger partial charge in [0.15, 0.2) is 0 Å². The maximum atomic E-state index is 12.6. The summed E-state index contributed by atoms with van der Waals surface area (Å²) in [6, 6.07) is 13.1. The number of rotatable bonds is 7. The molecule has 0 atom stereocenters. The van der Waals surface area contributed by atoms with Crippen LogP contribution in [0.3, 0.4) is 0 Å². The van der Waals surface area contributed by atoms with Crippen LogP contribution in [0.1, 0.15) is 28.3 Å². The minimum atomic E-state index is -3.69. The number of carbonyl (C=O) groups is 2. The molecule has 0 bridgehead atoms. The summed E-state index contributed by atoms with van der Waals surface area (Å²) >= 11 is 1.42. The summed E-state index contributed by atoms with van der Waals surface area (Å²) in [5.74, 6) is 0.206. The minimum Gasteiger partial charge on any atom is -0.468 e. The Labute approximate surface area is 190 Å². The highest BCUT2D eigenvalue weighted by Crippen LogP contribution is 2.23. The predicted octanol–water partition coefficient (Wildman–Crippen LogP) is 3.31. The van der Waals surface area contributed by atoms with Gasteiger partial charge < -0.3 is 14.6 Å². The van der Waals surface area contributed by atoms with Crippen molar-refractivity contribution in [3.05, 3.63) is 70.8 Å². The van der Waals surface area contributed by atoms with E-state index in [1.165, 1.54) is 29.7 Å². The zero-order valence-electron chi connectivity index (χ0n) is 17.2. The number of furan rings is 1. The predicted molar refractivity (Wildman–Crippen MR) is 121 cm³/mol. The van der Waals surface area contributed by atoms with E-state index in [2.05, 4.69) is 10.0 Å². The number of hydrogen-bond acceptors (Lipinski definition) is 6. The Bertz CT molecular complexity index is 1150. The molecule has 4 rings (SSSR count). The van der Waals surface area contributed by atoms with Gasteiger partial charge in [-0.3, -0.25) is 9.59 Å². The van der Waals surface area contributed by atoms with E-state index in [4.69, 9.17) is 4.42 Å². The molecule has 0 saturated carbocycles. The summed E-state index contributed by atoms with van der Waals surface area (Å²) in [6.07, 6.45) is 2.66. The highest BCUT2D eigenvalue weighted by Gasteiger charge is 2.28. The smallest absolute Gasteiger partial charge is 0.263 e. The molecule has 1 aromatic carbocycles. The molecule has 0 aliphatic carbocycles. The van der Waals surface area contributed by atoms with Crippen LogP contribution in [-0.4, -0.2) is 38.2 Å². The van der Waals surface area contributed by atoms with Crippen molar-refractivity contribution < 1.29 is 22.4 Å². The Balaban J connectivity index is 1.29. The molecule has 1 aliphatic rings. The van der Waals surface area contributed by atoms with Gasteiger partial charge in [-0.15, -0.1) is 11.3 Å². The number of likely N-dealkylation sites (tertiary alicyclic amines) is 1. The Kier molecular flexibility index (Phi) is 6.73. The fourth-order valence-electron chi connectivity index (χ4n) is 3.53. The molecule has 0 radical (unpaired) electrons. The van der Waals surface area contributed by atoms with E-state index in [1.54, 1.807) is 29.2 Å². The van der Waals surface area contributed by atoms with Gasteiger partial charge in [0.25, 0.3) is 5.91 Å². The molecule has 1 fully saturated rings. The highest BCUT2D eigenvalue weighted by atomic mass is 32.2. The van der Waals surface area contributed by atoms with Crippen molar-refractivity contribution in [3.63, 3.8) is 0 Å². The maximum Gasteiger partial charge on any atom is 0.263 e. The zero-order valence-corrected chi connectivity index (χ0v) is 18.8. The molecule has 2 N–H and O–H groups in total. The van der Waals surface area contributed by atoms with Gasteiger partial charge in [-0.25, -0.2) is 13.1 Å². The Morgan fingerprint density at radius 3 is 2.44 bits per heavy atom. The third-order valence-electron chi connectivity index (χ3n) is 5.33. The van der Waals surface area contributed by atoms with Crippen LogP contribution >= 0.6 is 11.3 Å². The van der Waals surface area contributed by atoms with E-state index in [0.29, 0.717) is 42.3 Å². The van der Waals surface area contributed by atoms with E-state index < -0.39 is 10.0 Å². The lowest BCUT2D eigenvalue weighted by Gasteiger charge is -2.31. The number of thiophene rings is 1. The number of benzene rings is 1. The summed E-state index contributed by atoms with van der Waals surface area (Å²) in [5, 5.41) is 4.72. The first-order valence-electron chi connectivity index (χ1n) is 10.2. The van der Waals surface area contributed by atoms with Crippen molar-refractivity contribution in [2.24, 2.45) is 5.92 Å². The monoisotopic (exact) mass is 473 g/mol. The zero-order chi connectivity index (χ0) is 22.6. The largest absolute Gasteiger partial charge is 0.468 e. The van der Waals surface area contributed by atoms with Crippen LogP contribution < -0.4 is 10.0 Å². The molecule has 0 unspecified atom stereocenters. The van der Waals surface area contributed by atoms with Crippen LogP contribution in [0, 0.1) is 5.92 Å².